The Kier molecular flexibility index (Phi) is 10.4. The minimum Gasteiger partial charge on any atom is -0.404 e. The first-order valence-corrected chi connectivity index (χ1v) is 14.2. The maximum absolute atomic E-state index is 6.14. The average Bonchev–Trinajstić information content (AvgIpc) is 3.65. The molecule has 0 aliphatic heterocycles. The van der Waals surface area contributed by atoms with Crippen molar-refractivity contribution < 1.29 is 0 Å². The van der Waals surface area contributed by atoms with E-state index in [4.69, 9.17) is 10.7 Å². The standard InChI is InChI=1S/C30H43N7S/c1-9-20(4)28(24(17-31)18-32-7)29(23-10-11-23)30(34-27-16-21(5)35-36-27)33-22(6)37(8)25-12-14-26(15-13-25)38-19(2)3/h12-19,23H,9-11,31H2,1-8H3,(H2,34,35,36)/b24-17+,28-20+,30-29+,32-18?,33-22+. The SMILES string of the molecule is CC/C(C)=C(C(\C=NC)=C\N)/C(=C(\N=C(/C)N(C)c1ccc(SC(C)C)cc1)Nc1cc(C)[nH]n1)C1CC1. The topological polar surface area (TPSA) is 94.7 Å². The first-order chi connectivity index (χ1) is 18.2. The van der Waals surface area contributed by atoms with Crippen LogP contribution >= 0.6 is 11.8 Å². The van der Waals surface area contributed by atoms with Crippen molar-refractivity contribution in [2.24, 2.45) is 21.6 Å². The quantitative estimate of drug-likeness (QED) is 0.124. The Balaban J connectivity index is 2.14. The Hall–Kier alpha value is -3.26. The van der Waals surface area contributed by atoms with E-state index in [0.717, 1.165) is 64.8 Å². The average molecular weight is 534 g/mol. The molecule has 1 aromatic carbocycles. The number of thioether (sulfide) groups is 1. The number of allylic oxidation sites excluding steroid dienone is 4. The summed E-state index contributed by atoms with van der Waals surface area (Å²) >= 11 is 1.86. The Morgan fingerprint density at radius 1 is 1.26 bits per heavy atom. The van der Waals surface area contributed by atoms with Gasteiger partial charge in [0.05, 0.1) is 0 Å². The molecule has 1 aliphatic carbocycles. The molecule has 1 saturated carbocycles. The molecule has 3 rings (SSSR count). The molecule has 38 heavy (non-hydrogen) atoms. The molecule has 1 aromatic heterocycles. The molecular formula is C30H43N7S. The second-order valence-corrected chi connectivity index (χ2v) is 11.6. The molecule has 8 heteroatoms. The number of aromatic amines is 1. The highest BCUT2D eigenvalue weighted by atomic mass is 32.2. The zero-order chi connectivity index (χ0) is 27.8. The third-order valence-electron chi connectivity index (χ3n) is 6.51. The van der Waals surface area contributed by atoms with E-state index in [-0.39, 0.29) is 0 Å². The summed E-state index contributed by atoms with van der Waals surface area (Å²) in [5.74, 6) is 2.80. The number of benzene rings is 1. The molecule has 0 saturated heterocycles. The van der Waals surface area contributed by atoms with Gasteiger partial charge in [0.25, 0.3) is 0 Å². The summed E-state index contributed by atoms with van der Waals surface area (Å²) < 4.78 is 0. The molecule has 0 radical (unpaired) electrons. The smallest absolute Gasteiger partial charge is 0.153 e. The lowest BCUT2D eigenvalue weighted by molar-refractivity contribution is 0.949. The van der Waals surface area contributed by atoms with Gasteiger partial charge in [-0.1, -0.05) is 26.3 Å². The predicted octanol–water partition coefficient (Wildman–Crippen LogP) is 7.08. The monoisotopic (exact) mass is 533 g/mol. The number of amidine groups is 1. The molecule has 0 unspecified atom stereocenters. The summed E-state index contributed by atoms with van der Waals surface area (Å²) in [5.41, 5.74) is 12.7. The zero-order valence-corrected chi connectivity index (χ0v) is 24.9. The van der Waals surface area contributed by atoms with Gasteiger partial charge in [0.15, 0.2) is 5.82 Å². The Bertz CT molecular complexity index is 1240. The number of anilines is 2. The number of nitrogens with two attached hydrogens (primary N) is 1. The fourth-order valence-corrected chi connectivity index (χ4v) is 5.07. The van der Waals surface area contributed by atoms with Gasteiger partial charge in [-0.05, 0) is 75.8 Å². The van der Waals surface area contributed by atoms with Gasteiger partial charge in [-0.15, -0.1) is 11.8 Å². The lowest BCUT2D eigenvalue weighted by Crippen LogP contribution is -2.24. The Morgan fingerprint density at radius 3 is 2.45 bits per heavy atom. The number of rotatable bonds is 11. The number of nitrogens with zero attached hydrogens (tertiary/aromatic N) is 4. The molecule has 1 aliphatic rings. The minimum absolute atomic E-state index is 0.392. The normalized spacial score (nSPS) is 16.1. The van der Waals surface area contributed by atoms with Crippen LogP contribution < -0.4 is 16.0 Å². The van der Waals surface area contributed by atoms with Crippen LogP contribution in [0.1, 0.15) is 59.6 Å². The summed E-state index contributed by atoms with van der Waals surface area (Å²) in [7, 11) is 3.83. The van der Waals surface area contributed by atoms with Crippen molar-refractivity contribution >= 4 is 35.3 Å². The fourth-order valence-electron chi connectivity index (χ4n) is 4.23. The van der Waals surface area contributed by atoms with Crippen LogP contribution in [-0.4, -0.2) is 41.6 Å². The van der Waals surface area contributed by atoms with E-state index in [1.807, 2.05) is 37.9 Å². The maximum Gasteiger partial charge on any atom is 0.153 e. The van der Waals surface area contributed by atoms with Gasteiger partial charge in [-0.25, -0.2) is 4.99 Å². The number of H-pyrrole nitrogens is 1. The van der Waals surface area contributed by atoms with Gasteiger partial charge in [-0.3, -0.25) is 10.1 Å². The van der Waals surface area contributed by atoms with Crippen LogP contribution in [0, 0.1) is 12.8 Å². The van der Waals surface area contributed by atoms with Crippen molar-refractivity contribution in [1.82, 2.24) is 10.2 Å². The van der Waals surface area contributed by atoms with E-state index in [0.29, 0.717) is 11.2 Å². The van der Waals surface area contributed by atoms with E-state index in [2.05, 4.69) is 84.4 Å². The first kappa shape index (κ1) is 29.3. The van der Waals surface area contributed by atoms with Crippen LogP contribution in [0.25, 0.3) is 0 Å². The second-order valence-electron chi connectivity index (χ2n) is 9.99. The molecule has 1 fully saturated rings. The highest BCUT2D eigenvalue weighted by Crippen LogP contribution is 2.45. The number of aliphatic imine (C=N–C) groups is 2. The van der Waals surface area contributed by atoms with Crippen LogP contribution in [0.15, 0.2) is 79.5 Å². The molecule has 2 aromatic rings. The van der Waals surface area contributed by atoms with Gasteiger partial charge >= 0.3 is 0 Å². The predicted molar refractivity (Wildman–Crippen MR) is 165 cm³/mol. The molecule has 0 atom stereocenters. The van der Waals surface area contributed by atoms with Crippen molar-refractivity contribution in [1.29, 1.82) is 0 Å². The summed E-state index contributed by atoms with van der Waals surface area (Å²) in [4.78, 5) is 12.9. The maximum atomic E-state index is 6.14. The Morgan fingerprint density at radius 2 is 1.95 bits per heavy atom. The summed E-state index contributed by atoms with van der Waals surface area (Å²) in [5, 5.41) is 11.6. The van der Waals surface area contributed by atoms with Gasteiger partial charge in [0.1, 0.15) is 11.7 Å². The summed E-state index contributed by atoms with van der Waals surface area (Å²) in [6.45, 7) is 12.8. The zero-order valence-electron chi connectivity index (χ0n) is 24.1. The van der Waals surface area contributed by atoms with Gasteiger partial charge in [0.2, 0.25) is 0 Å². The van der Waals surface area contributed by atoms with E-state index >= 15 is 0 Å². The number of hydrogen-bond donors (Lipinski definition) is 3. The van der Waals surface area contributed by atoms with Crippen molar-refractivity contribution in [2.75, 3.05) is 24.3 Å². The van der Waals surface area contributed by atoms with Crippen molar-refractivity contribution in [3.63, 3.8) is 0 Å². The summed E-state index contributed by atoms with van der Waals surface area (Å²) in [6.07, 6.45) is 6.62. The number of aromatic nitrogens is 2. The highest BCUT2D eigenvalue weighted by Gasteiger charge is 2.33. The van der Waals surface area contributed by atoms with Crippen molar-refractivity contribution in [3.05, 3.63) is 70.3 Å². The largest absolute Gasteiger partial charge is 0.404 e. The molecule has 7 nitrogen and oxygen atoms in total. The van der Waals surface area contributed by atoms with Gasteiger partial charge in [-0.2, -0.15) is 5.10 Å². The Labute approximate surface area is 232 Å². The van der Waals surface area contributed by atoms with Gasteiger partial charge in [0, 0.05) is 65.2 Å². The lowest BCUT2D eigenvalue weighted by Gasteiger charge is -2.23. The highest BCUT2D eigenvalue weighted by molar-refractivity contribution is 7.99. The van der Waals surface area contributed by atoms with Crippen molar-refractivity contribution in [2.45, 2.75) is 71.0 Å². The van der Waals surface area contributed by atoms with E-state index in [9.17, 15) is 0 Å². The van der Waals surface area contributed by atoms with Crippen LogP contribution in [0.2, 0.25) is 0 Å². The van der Waals surface area contributed by atoms with E-state index in [1.54, 1.807) is 13.2 Å². The fraction of sp³-hybridized carbons (Fsp3) is 0.433. The third-order valence-corrected chi connectivity index (χ3v) is 7.53. The molecule has 0 amide bonds. The van der Waals surface area contributed by atoms with Crippen LogP contribution in [0.4, 0.5) is 11.5 Å². The molecule has 0 spiro atoms. The number of nitrogens with one attached hydrogen (secondary N) is 2. The van der Waals surface area contributed by atoms with E-state index < -0.39 is 0 Å². The number of hydrogen-bond acceptors (Lipinski definition) is 6. The molecular weight excluding hydrogens is 490 g/mol. The van der Waals surface area contributed by atoms with Crippen LogP contribution in [-0.2, 0) is 0 Å². The molecule has 4 N–H and O–H groups in total. The molecule has 204 valence electrons. The lowest BCUT2D eigenvalue weighted by atomic mass is 9.89. The second kappa shape index (κ2) is 13.5. The van der Waals surface area contributed by atoms with Crippen molar-refractivity contribution in [3.8, 4) is 0 Å². The van der Waals surface area contributed by atoms with E-state index in [1.165, 1.54) is 10.5 Å². The van der Waals surface area contributed by atoms with Crippen LogP contribution in [0.5, 0.6) is 0 Å². The molecule has 1 heterocycles. The minimum atomic E-state index is 0.392. The van der Waals surface area contributed by atoms with Crippen LogP contribution in [0.3, 0.4) is 0 Å². The molecule has 0 bridgehead atoms. The van der Waals surface area contributed by atoms with Gasteiger partial charge < -0.3 is 16.0 Å². The number of aryl methyl sites for hydroxylation is 1. The first-order valence-electron chi connectivity index (χ1n) is 13.3. The summed E-state index contributed by atoms with van der Waals surface area (Å²) in [6, 6.07) is 10.6. The third kappa shape index (κ3) is 7.63.